The summed E-state index contributed by atoms with van der Waals surface area (Å²) in [4.78, 5) is 12.4. The largest absolute Gasteiger partial charge is 0.479 e. The van der Waals surface area contributed by atoms with E-state index in [1.807, 2.05) is 50.2 Å². The topological polar surface area (TPSA) is 38.3 Å². The van der Waals surface area contributed by atoms with Gasteiger partial charge in [0.25, 0.3) is 5.91 Å². The maximum Gasteiger partial charge on any atom is 0.261 e. The molecule has 0 bridgehead atoms. The fourth-order valence-corrected chi connectivity index (χ4v) is 2.47. The summed E-state index contributed by atoms with van der Waals surface area (Å²) in [6.07, 6.45) is 0.197. The van der Waals surface area contributed by atoms with E-state index >= 15 is 0 Å². The van der Waals surface area contributed by atoms with Crippen molar-refractivity contribution >= 4 is 17.5 Å². The summed E-state index contributed by atoms with van der Waals surface area (Å²) >= 11 is 6.06. The molecule has 0 fully saturated rings. The van der Waals surface area contributed by atoms with Crippen molar-refractivity contribution in [2.24, 2.45) is 0 Å². The lowest BCUT2D eigenvalue weighted by Gasteiger charge is -2.21. The van der Waals surface area contributed by atoms with Crippen LogP contribution < -0.4 is 10.1 Å². The van der Waals surface area contributed by atoms with Gasteiger partial charge in [-0.05, 0) is 38.0 Å². The Balaban J connectivity index is 2.01. The Morgan fingerprint density at radius 3 is 2.43 bits per heavy atom. The van der Waals surface area contributed by atoms with Crippen LogP contribution in [0.1, 0.15) is 37.4 Å². The van der Waals surface area contributed by atoms with Crippen LogP contribution in [0.25, 0.3) is 0 Å². The quantitative estimate of drug-likeness (QED) is 0.834. The summed E-state index contributed by atoms with van der Waals surface area (Å²) in [6.45, 7) is 5.81. The molecule has 1 amide bonds. The fraction of sp³-hybridized carbons (Fsp3) is 0.316. The van der Waals surface area contributed by atoms with Crippen molar-refractivity contribution in [2.75, 3.05) is 0 Å². The first-order valence-corrected chi connectivity index (χ1v) is 8.17. The smallest absolute Gasteiger partial charge is 0.261 e. The van der Waals surface area contributed by atoms with Gasteiger partial charge >= 0.3 is 0 Å². The van der Waals surface area contributed by atoms with Gasteiger partial charge in [-0.15, -0.1) is 0 Å². The second-order valence-corrected chi connectivity index (χ2v) is 5.98. The lowest BCUT2D eigenvalue weighted by molar-refractivity contribution is -0.128. The minimum atomic E-state index is -0.616. The SMILES string of the molecule is CC[C@@H](NC(=O)[C@H](C)Oc1ccccc1Cl)c1ccc(C)cc1. The van der Waals surface area contributed by atoms with E-state index in [2.05, 4.69) is 5.32 Å². The van der Waals surface area contributed by atoms with Gasteiger partial charge in [-0.3, -0.25) is 4.79 Å². The van der Waals surface area contributed by atoms with Crippen molar-refractivity contribution in [1.29, 1.82) is 0 Å². The number of amides is 1. The van der Waals surface area contributed by atoms with Gasteiger partial charge in [-0.25, -0.2) is 0 Å². The fourth-order valence-electron chi connectivity index (χ4n) is 2.29. The predicted molar refractivity (Wildman–Crippen MR) is 93.9 cm³/mol. The van der Waals surface area contributed by atoms with Crippen molar-refractivity contribution in [2.45, 2.75) is 39.3 Å². The summed E-state index contributed by atoms with van der Waals surface area (Å²) in [5.74, 6) is 0.359. The van der Waals surface area contributed by atoms with E-state index < -0.39 is 6.10 Å². The molecule has 0 spiro atoms. The highest BCUT2D eigenvalue weighted by Gasteiger charge is 2.20. The van der Waals surface area contributed by atoms with E-state index in [1.165, 1.54) is 5.56 Å². The van der Waals surface area contributed by atoms with Crippen LogP contribution in [0.2, 0.25) is 5.02 Å². The second-order valence-electron chi connectivity index (χ2n) is 5.57. The standard InChI is InChI=1S/C19H22ClNO2/c1-4-17(15-11-9-13(2)10-12-15)21-19(22)14(3)23-18-8-6-5-7-16(18)20/h5-12,14,17H,4H2,1-3H3,(H,21,22)/t14-,17+/m0/s1. The molecule has 2 atom stereocenters. The van der Waals surface area contributed by atoms with Crippen LogP contribution in [-0.4, -0.2) is 12.0 Å². The van der Waals surface area contributed by atoms with Crippen molar-refractivity contribution in [3.05, 3.63) is 64.7 Å². The Labute approximate surface area is 142 Å². The summed E-state index contributed by atoms with van der Waals surface area (Å²) in [7, 11) is 0. The number of carbonyl (C=O) groups is 1. The average Bonchev–Trinajstić information content (AvgIpc) is 2.55. The molecule has 23 heavy (non-hydrogen) atoms. The van der Waals surface area contributed by atoms with E-state index in [1.54, 1.807) is 19.1 Å². The number of rotatable bonds is 6. The van der Waals surface area contributed by atoms with Crippen LogP contribution in [0.3, 0.4) is 0 Å². The van der Waals surface area contributed by atoms with Gasteiger partial charge in [0.1, 0.15) is 5.75 Å². The molecule has 0 saturated carbocycles. The molecule has 4 heteroatoms. The number of ether oxygens (including phenoxy) is 1. The van der Waals surface area contributed by atoms with Crippen LogP contribution in [0.15, 0.2) is 48.5 Å². The normalized spacial score (nSPS) is 13.2. The zero-order valence-electron chi connectivity index (χ0n) is 13.7. The van der Waals surface area contributed by atoms with Crippen LogP contribution in [0.5, 0.6) is 5.75 Å². The Morgan fingerprint density at radius 2 is 1.83 bits per heavy atom. The van der Waals surface area contributed by atoms with Gasteiger partial charge in [0.2, 0.25) is 0 Å². The van der Waals surface area contributed by atoms with Gasteiger partial charge in [-0.1, -0.05) is 60.5 Å². The second kappa shape index (κ2) is 8.02. The maximum absolute atomic E-state index is 12.4. The summed E-state index contributed by atoms with van der Waals surface area (Å²) < 4.78 is 5.66. The Bertz CT molecular complexity index is 655. The van der Waals surface area contributed by atoms with Gasteiger partial charge in [0, 0.05) is 0 Å². The summed E-state index contributed by atoms with van der Waals surface area (Å²) in [5, 5.41) is 3.53. The van der Waals surface area contributed by atoms with E-state index in [0.29, 0.717) is 10.8 Å². The number of aryl methyl sites for hydroxylation is 1. The predicted octanol–water partition coefficient (Wildman–Crippen LogP) is 4.68. The number of benzene rings is 2. The van der Waals surface area contributed by atoms with Gasteiger partial charge < -0.3 is 10.1 Å². The van der Waals surface area contributed by atoms with E-state index in [4.69, 9.17) is 16.3 Å². The van der Waals surface area contributed by atoms with E-state index in [-0.39, 0.29) is 11.9 Å². The monoisotopic (exact) mass is 331 g/mol. The van der Waals surface area contributed by atoms with Gasteiger partial charge in [0.15, 0.2) is 6.10 Å². The summed E-state index contributed by atoms with van der Waals surface area (Å²) in [6, 6.07) is 15.3. The van der Waals surface area contributed by atoms with Crippen molar-refractivity contribution in [3.8, 4) is 5.75 Å². The molecule has 0 aliphatic carbocycles. The number of halogens is 1. The zero-order chi connectivity index (χ0) is 16.8. The van der Waals surface area contributed by atoms with Crippen LogP contribution in [0.4, 0.5) is 0 Å². The summed E-state index contributed by atoms with van der Waals surface area (Å²) in [5.41, 5.74) is 2.29. The van der Waals surface area contributed by atoms with Crippen molar-refractivity contribution < 1.29 is 9.53 Å². The lowest BCUT2D eigenvalue weighted by Crippen LogP contribution is -2.38. The Kier molecular flexibility index (Phi) is 6.05. The first kappa shape index (κ1) is 17.4. The third-order valence-corrected chi connectivity index (χ3v) is 4.03. The number of nitrogens with one attached hydrogen (secondary N) is 1. The molecule has 0 radical (unpaired) electrons. The van der Waals surface area contributed by atoms with Gasteiger partial charge in [0.05, 0.1) is 11.1 Å². The van der Waals surface area contributed by atoms with E-state index in [0.717, 1.165) is 12.0 Å². The lowest BCUT2D eigenvalue weighted by atomic mass is 10.0. The molecular weight excluding hydrogens is 310 g/mol. The molecule has 1 N–H and O–H groups in total. The Morgan fingerprint density at radius 1 is 1.17 bits per heavy atom. The number of hydrogen-bond acceptors (Lipinski definition) is 2. The molecule has 0 aliphatic heterocycles. The molecule has 2 aromatic rings. The number of hydrogen-bond donors (Lipinski definition) is 1. The van der Waals surface area contributed by atoms with Crippen LogP contribution >= 0.6 is 11.6 Å². The number of para-hydroxylation sites is 1. The highest BCUT2D eigenvalue weighted by atomic mass is 35.5. The molecule has 3 nitrogen and oxygen atoms in total. The number of carbonyl (C=O) groups excluding carboxylic acids is 1. The molecule has 0 unspecified atom stereocenters. The van der Waals surface area contributed by atoms with Crippen LogP contribution in [0, 0.1) is 6.92 Å². The maximum atomic E-state index is 12.4. The molecule has 0 heterocycles. The Hall–Kier alpha value is -2.00. The van der Waals surface area contributed by atoms with Gasteiger partial charge in [-0.2, -0.15) is 0 Å². The molecular formula is C19H22ClNO2. The van der Waals surface area contributed by atoms with E-state index in [9.17, 15) is 4.79 Å². The molecule has 2 aromatic carbocycles. The minimum absolute atomic E-state index is 0.0274. The molecule has 0 aromatic heterocycles. The minimum Gasteiger partial charge on any atom is -0.479 e. The van der Waals surface area contributed by atoms with Crippen molar-refractivity contribution in [1.82, 2.24) is 5.32 Å². The average molecular weight is 332 g/mol. The molecule has 2 rings (SSSR count). The zero-order valence-corrected chi connectivity index (χ0v) is 14.4. The van der Waals surface area contributed by atoms with Crippen LogP contribution in [-0.2, 0) is 4.79 Å². The molecule has 0 saturated heterocycles. The first-order valence-electron chi connectivity index (χ1n) is 7.79. The third kappa shape index (κ3) is 4.73. The first-order chi connectivity index (χ1) is 11.0. The molecule has 0 aliphatic rings. The molecule has 122 valence electrons. The highest BCUT2D eigenvalue weighted by molar-refractivity contribution is 6.32. The van der Waals surface area contributed by atoms with Crippen molar-refractivity contribution in [3.63, 3.8) is 0 Å². The third-order valence-electron chi connectivity index (χ3n) is 3.71. The highest BCUT2D eigenvalue weighted by Crippen LogP contribution is 2.24.